The molecule has 1 N–H and O–H groups in total. The molecular formula is C21H19NO6S. The normalized spacial score (nSPS) is 15.1. The van der Waals surface area contributed by atoms with E-state index in [-0.39, 0.29) is 23.3 Å². The number of carbonyl (C=O) groups excluding carboxylic acids is 2. The maximum absolute atomic E-state index is 12.6. The summed E-state index contributed by atoms with van der Waals surface area (Å²) in [6.45, 7) is 1.80. The van der Waals surface area contributed by atoms with E-state index in [0.29, 0.717) is 17.1 Å². The van der Waals surface area contributed by atoms with Gasteiger partial charge in [0, 0.05) is 5.56 Å². The SMILES string of the molecule is Cc1ccc(OCCN2C(=O)SC(=Cc3ccccc3OCC(=O)O)C2=O)cc1. The molecule has 0 unspecified atom stereocenters. The van der Waals surface area contributed by atoms with Crippen molar-refractivity contribution >= 4 is 35.0 Å². The van der Waals surface area contributed by atoms with Gasteiger partial charge in [0.2, 0.25) is 0 Å². The largest absolute Gasteiger partial charge is 0.492 e. The molecular weight excluding hydrogens is 394 g/mol. The van der Waals surface area contributed by atoms with E-state index in [9.17, 15) is 14.4 Å². The van der Waals surface area contributed by atoms with Crippen molar-refractivity contribution in [1.29, 1.82) is 0 Å². The fourth-order valence-electron chi connectivity index (χ4n) is 2.59. The first-order chi connectivity index (χ1) is 13.9. The van der Waals surface area contributed by atoms with Gasteiger partial charge in [-0.3, -0.25) is 14.5 Å². The van der Waals surface area contributed by atoms with Crippen LogP contribution < -0.4 is 9.47 Å². The predicted octanol–water partition coefficient (Wildman–Crippen LogP) is 3.57. The van der Waals surface area contributed by atoms with Crippen LogP contribution in [0.2, 0.25) is 0 Å². The van der Waals surface area contributed by atoms with Crippen molar-refractivity contribution in [2.24, 2.45) is 0 Å². The number of carboxylic acids is 1. The van der Waals surface area contributed by atoms with Crippen molar-refractivity contribution in [3.63, 3.8) is 0 Å². The lowest BCUT2D eigenvalue weighted by molar-refractivity contribution is -0.139. The van der Waals surface area contributed by atoms with Gasteiger partial charge in [-0.05, 0) is 43.0 Å². The summed E-state index contributed by atoms with van der Waals surface area (Å²) in [5.74, 6) is -0.527. The molecule has 7 nitrogen and oxygen atoms in total. The number of para-hydroxylation sites is 1. The molecule has 1 heterocycles. The average Bonchev–Trinajstić information content (AvgIpc) is 2.96. The molecule has 0 atom stereocenters. The molecule has 1 aliphatic heterocycles. The zero-order valence-electron chi connectivity index (χ0n) is 15.7. The van der Waals surface area contributed by atoms with Crippen LogP contribution >= 0.6 is 11.8 Å². The van der Waals surface area contributed by atoms with Crippen molar-refractivity contribution in [2.45, 2.75) is 6.92 Å². The molecule has 0 saturated carbocycles. The summed E-state index contributed by atoms with van der Waals surface area (Å²) in [5.41, 5.74) is 1.64. The van der Waals surface area contributed by atoms with Crippen LogP contribution in [0.5, 0.6) is 11.5 Å². The fraction of sp³-hybridized carbons (Fsp3) is 0.190. The number of nitrogens with zero attached hydrogens (tertiary/aromatic N) is 1. The summed E-state index contributed by atoms with van der Waals surface area (Å²) in [4.78, 5) is 36.9. The second-order valence-electron chi connectivity index (χ2n) is 6.22. The number of imide groups is 1. The van der Waals surface area contributed by atoms with E-state index in [2.05, 4.69) is 0 Å². The summed E-state index contributed by atoms with van der Waals surface area (Å²) in [6, 6.07) is 14.2. The summed E-state index contributed by atoms with van der Waals surface area (Å²) in [5, 5.41) is 8.40. The second-order valence-corrected chi connectivity index (χ2v) is 7.21. The highest BCUT2D eigenvalue weighted by Crippen LogP contribution is 2.33. The number of thioether (sulfide) groups is 1. The maximum Gasteiger partial charge on any atom is 0.341 e. The quantitative estimate of drug-likeness (QED) is 0.661. The topological polar surface area (TPSA) is 93.1 Å². The lowest BCUT2D eigenvalue weighted by Crippen LogP contribution is -2.32. The summed E-state index contributed by atoms with van der Waals surface area (Å²) < 4.78 is 10.8. The first-order valence-electron chi connectivity index (χ1n) is 8.82. The lowest BCUT2D eigenvalue weighted by Gasteiger charge is -2.13. The van der Waals surface area contributed by atoms with Gasteiger partial charge in [-0.25, -0.2) is 4.79 Å². The number of hydrogen-bond donors (Lipinski definition) is 1. The molecule has 2 aromatic rings. The van der Waals surface area contributed by atoms with Crippen LogP contribution in [0, 0.1) is 6.92 Å². The molecule has 1 aliphatic rings. The molecule has 0 aliphatic carbocycles. The Kier molecular flexibility index (Phi) is 6.56. The van der Waals surface area contributed by atoms with E-state index < -0.39 is 18.5 Å². The van der Waals surface area contributed by atoms with Crippen LogP contribution in [-0.4, -0.2) is 46.9 Å². The Morgan fingerprint density at radius 1 is 1.10 bits per heavy atom. The van der Waals surface area contributed by atoms with Crippen LogP contribution in [0.25, 0.3) is 6.08 Å². The van der Waals surface area contributed by atoms with Crippen LogP contribution in [0.15, 0.2) is 53.4 Å². The van der Waals surface area contributed by atoms with Gasteiger partial charge in [-0.15, -0.1) is 0 Å². The van der Waals surface area contributed by atoms with E-state index in [4.69, 9.17) is 14.6 Å². The molecule has 0 radical (unpaired) electrons. The smallest absolute Gasteiger partial charge is 0.341 e. The second kappa shape index (κ2) is 9.29. The number of benzene rings is 2. The lowest BCUT2D eigenvalue weighted by atomic mass is 10.2. The molecule has 1 saturated heterocycles. The predicted molar refractivity (Wildman–Crippen MR) is 109 cm³/mol. The first-order valence-corrected chi connectivity index (χ1v) is 9.64. The number of carbonyl (C=O) groups is 3. The molecule has 2 aromatic carbocycles. The van der Waals surface area contributed by atoms with Gasteiger partial charge in [0.25, 0.3) is 11.1 Å². The zero-order chi connectivity index (χ0) is 20.8. The number of rotatable bonds is 8. The number of carboxylic acid groups (broad SMARTS) is 1. The number of ether oxygens (including phenoxy) is 2. The van der Waals surface area contributed by atoms with Crippen LogP contribution in [0.1, 0.15) is 11.1 Å². The molecule has 0 aromatic heterocycles. The van der Waals surface area contributed by atoms with Crippen LogP contribution in [0.3, 0.4) is 0 Å². The maximum atomic E-state index is 12.6. The molecule has 1 fully saturated rings. The minimum atomic E-state index is -1.10. The number of amides is 2. The zero-order valence-corrected chi connectivity index (χ0v) is 16.5. The highest BCUT2D eigenvalue weighted by Gasteiger charge is 2.35. The number of hydrogen-bond acceptors (Lipinski definition) is 6. The molecule has 3 rings (SSSR count). The fourth-order valence-corrected chi connectivity index (χ4v) is 3.45. The Morgan fingerprint density at radius 2 is 1.83 bits per heavy atom. The molecule has 0 bridgehead atoms. The average molecular weight is 413 g/mol. The van der Waals surface area contributed by atoms with Gasteiger partial charge in [-0.1, -0.05) is 35.9 Å². The molecule has 8 heteroatoms. The summed E-state index contributed by atoms with van der Waals surface area (Å²) in [6.07, 6.45) is 1.53. The third kappa shape index (κ3) is 5.39. The van der Waals surface area contributed by atoms with Gasteiger partial charge >= 0.3 is 5.97 Å². The Hall–Kier alpha value is -3.26. The van der Waals surface area contributed by atoms with E-state index in [0.717, 1.165) is 22.2 Å². The van der Waals surface area contributed by atoms with Gasteiger partial charge in [0.1, 0.15) is 18.1 Å². The van der Waals surface area contributed by atoms with Crippen LogP contribution in [-0.2, 0) is 9.59 Å². The minimum Gasteiger partial charge on any atom is -0.492 e. The van der Waals surface area contributed by atoms with Gasteiger partial charge in [-0.2, -0.15) is 0 Å². The monoisotopic (exact) mass is 413 g/mol. The van der Waals surface area contributed by atoms with E-state index in [1.807, 2.05) is 31.2 Å². The van der Waals surface area contributed by atoms with Gasteiger partial charge in [0.15, 0.2) is 6.61 Å². The third-order valence-electron chi connectivity index (χ3n) is 4.03. The Balaban J connectivity index is 1.65. The molecule has 0 spiro atoms. The van der Waals surface area contributed by atoms with E-state index in [1.165, 1.54) is 6.08 Å². The first kappa shape index (κ1) is 20.5. The molecule has 2 amide bonds. The van der Waals surface area contributed by atoms with Crippen molar-refractivity contribution < 1.29 is 29.0 Å². The minimum absolute atomic E-state index is 0.132. The Bertz CT molecular complexity index is 954. The van der Waals surface area contributed by atoms with Crippen LogP contribution in [0.4, 0.5) is 4.79 Å². The van der Waals surface area contributed by atoms with Gasteiger partial charge < -0.3 is 14.6 Å². The van der Waals surface area contributed by atoms with E-state index in [1.54, 1.807) is 24.3 Å². The number of aliphatic carboxylic acids is 1. The van der Waals surface area contributed by atoms with Crippen molar-refractivity contribution in [2.75, 3.05) is 19.8 Å². The highest BCUT2D eigenvalue weighted by molar-refractivity contribution is 8.18. The van der Waals surface area contributed by atoms with Crippen molar-refractivity contribution in [3.8, 4) is 11.5 Å². The number of aryl methyl sites for hydroxylation is 1. The Labute approximate surface area is 171 Å². The summed E-state index contributed by atoms with van der Waals surface area (Å²) >= 11 is 0.829. The van der Waals surface area contributed by atoms with Crippen molar-refractivity contribution in [3.05, 3.63) is 64.6 Å². The highest BCUT2D eigenvalue weighted by atomic mass is 32.2. The van der Waals surface area contributed by atoms with E-state index >= 15 is 0 Å². The summed E-state index contributed by atoms with van der Waals surface area (Å²) in [7, 11) is 0. The van der Waals surface area contributed by atoms with Gasteiger partial charge in [0.05, 0.1) is 11.4 Å². The standard InChI is InChI=1S/C21H19NO6S/c1-14-6-8-16(9-7-14)27-11-10-22-20(25)18(29-21(22)26)12-15-4-2-3-5-17(15)28-13-19(23)24/h2-9,12H,10-11,13H2,1H3,(H,23,24). The Morgan fingerprint density at radius 3 is 2.55 bits per heavy atom. The molecule has 150 valence electrons. The molecule has 29 heavy (non-hydrogen) atoms. The van der Waals surface area contributed by atoms with Crippen molar-refractivity contribution in [1.82, 2.24) is 4.90 Å². The third-order valence-corrected chi connectivity index (χ3v) is 4.94.